The molecule has 1 aliphatic rings. The van der Waals surface area contributed by atoms with E-state index in [0.29, 0.717) is 25.9 Å². The molecule has 0 bridgehead atoms. The third-order valence-electron chi connectivity index (χ3n) is 5.67. The van der Waals surface area contributed by atoms with Crippen LogP contribution in [-0.4, -0.2) is 98.2 Å². The molecule has 0 spiro atoms. The van der Waals surface area contributed by atoms with Gasteiger partial charge in [0.2, 0.25) is 0 Å². The summed E-state index contributed by atoms with van der Waals surface area (Å²) in [4.78, 5) is 48.3. The average molecular weight is 628 g/mol. The van der Waals surface area contributed by atoms with Gasteiger partial charge in [0.05, 0.1) is 18.1 Å². The van der Waals surface area contributed by atoms with Crippen LogP contribution in [-0.2, 0) is 23.4 Å². The summed E-state index contributed by atoms with van der Waals surface area (Å²) in [7, 11) is -4.74. The number of carbonyl (C=O) groups excluding carboxylic acids is 1. The molecule has 14 N–H and O–H groups in total. The van der Waals surface area contributed by atoms with E-state index in [0.717, 1.165) is 31.9 Å². The predicted molar refractivity (Wildman–Crippen MR) is 142 cm³/mol. The molecule has 0 aromatic carbocycles. The maximum atomic E-state index is 10.8. The number of aliphatic hydroxyl groups is 2. The Kier molecular flexibility index (Phi) is 19.1. The van der Waals surface area contributed by atoms with Gasteiger partial charge in [-0.2, -0.15) is 4.57 Å². The van der Waals surface area contributed by atoms with E-state index >= 15 is 0 Å². The lowest BCUT2D eigenvalue weighted by Gasteiger charge is -2.13. The summed E-state index contributed by atoms with van der Waals surface area (Å²) in [5.74, 6) is -3.29. The molecule has 1 aromatic heterocycles. The first-order valence-corrected chi connectivity index (χ1v) is 14.4. The highest BCUT2D eigenvalue weighted by Crippen LogP contribution is 2.37. The van der Waals surface area contributed by atoms with Gasteiger partial charge in [-0.25, -0.2) is 4.57 Å². The van der Waals surface area contributed by atoms with Gasteiger partial charge in [0.1, 0.15) is 24.3 Å². The highest BCUT2D eigenvalue weighted by molar-refractivity contribution is 7.46. The average Bonchev–Trinajstić information content (AvgIpc) is 3.21. The Morgan fingerprint density at radius 1 is 0.976 bits per heavy atom. The van der Waals surface area contributed by atoms with Crippen molar-refractivity contribution < 1.29 is 68.1 Å². The van der Waals surface area contributed by atoms with Gasteiger partial charge in [0, 0.05) is 6.07 Å². The molecule has 2 rings (SSSR count). The van der Waals surface area contributed by atoms with E-state index in [1.165, 1.54) is 22.9 Å². The zero-order chi connectivity index (χ0) is 32.5. The molecule has 1 aliphatic heterocycles. The van der Waals surface area contributed by atoms with Crippen molar-refractivity contribution in [3.05, 3.63) is 30.1 Å². The van der Waals surface area contributed by atoms with Crippen molar-refractivity contribution in [2.75, 3.05) is 19.7 Å². The van der Waals surface area contributed by atoms with Crippen molar-refractivity contribution in [1.82, 2.24) is 0 Å². The fourth-order valence-corrected chi connectivity index (χ4v) is 3.66. The van der Waals surface area contributed by atoms with Crippen LogP contribution in [0.25, 0.3) is 0 Å². The van der Waals surface area contributed by atoms with Crippen LogP contribution in [0.3, 0.4) is 0 Å². The Hall–Kier alpha value is -2.61. The molecular weight excluding hydrogens is 585 g/mol. The number of pyridine rings is 1. The maximum absolute atomic E-state index is 10.8. The van der Waals surface area contributed by atoms with Crippen molar-refractivity contribution in [1.29, 1.82) is 0 Å². The van der Waals surface area contributed by atoms with Gasteiger partial charge >= 0.3 is 19.8 Å². The summed E-state index contributed by atoms with van der Waals surface area (Å²) >= 11 is 0. The van der Waals surface area contributed by atoms with Crippen molar-refractivity contribution >= 4 is 25.7 Å². The number of phosphoric ester groups is 1. The zero-order valence-corrected chi connectivity index (χ0v) is 23.8. The Morgan fingerprint density at radius 3 is 1.88 bits per heavy atom. The summed E-state index contributed by atoms with van der Waals surface area (Å²) < 4.78 is 21.4. The predicted octanol–water partition coefficient (Wildman–Crippen LogP) is -3.88. The summed E-state index contributed by atoms with van der Waals surface area (Å²) in [6, 6.07) is 1.23. The number of rotatable bonds is 15. The molecule has 0 amide bonds. The van der Waals surface area contributed by atoms with Gasteiger partial charge in [-0.1, -0.05) is 12.8 Å². The number of aliphatic hydroxyl groups excluding tert-OH is 2. The SMILES string of the molecule is NCCCCC(N)C(=O)O.NCCCCC(N)C(=O)O.O=C([O-])c1ccc[n+]([C@@H]2O[C@H](COP(=O)(O)O)[C@@H](O)[C@H]2O)c1. The lowest BCUT2D eigenvalue weighted by molar-refractivity contribution is -0.765. The largest absolute Gasteiger partial charge is 0.545 e. The fourth-order valence-electron chi connectivity index (χ4n) is 3.32. The quantitative estimate of drug-likeness (QED) is 0.0504. The first-order valence-electron chi connectivity index (χ1n) is 12.9. The maximum Gasteiger partial charge on any atom is 0.469 e. The van der Waals surface area contributed by atoms with Crippen LogP contribution in [0.4, 0.5) is 0 Å². The lowest BCUT2D eigenvalue weighted by atomic mass is 10.1. The van der Waals surface area contributed by atoms with Crippen molar-refractivity contribution in [3.8, 4) is 0 Å². The summed E-state index contributed by atoms with van der Waals surface area (Å²) in [5.41, 5.74) is 20.7. The molecule has 1 aromatic rings. The molecule has 6 atom stereocenters. The van der Waals surface area contributed by atoms with E-state index in [4.69, 9.17) is 47.7 Å². The van der Waals surface area contributed by atoms with Gasteiger partial charge in [-0.3, -0.25) is 14.1 Å². The summed E-state index contributed by atoms with van der Waals surface area (Å²) in [5, 5.41) is 47.2. The smallest absolute Gasteiger partial charge is 0.469 e. The van der Waals surface area contributed by atoms with Crippen molar-refractivity contribution in [2.45, 2.75) is 75.1 Å². The van der Waals surface area contributed by atoms with Gasteiger partial charge in [-0.15, -0.1) is 0 Å². The van der Waals surface area contributed by atoms with Crippen LogP contribution >= 0.6 is 7.82 Å². The molecule has 242 valence electrons. The Balaban J connectivity index is 0.000000702. The molecule has 19 heteroatoms. The van der Waals surface area contributed by atoms with E-state index in [-0.39, 0.29) is 5.56 Å². The number of nitrogens with two attached hydrogens (primary N) is 4. The molecular formula is C23H42N5O13P. The molecule has 2 heterocycles. The van der Waals surface area contributed by atoms with Gasteiger partial charge < -0.3 is 67.8 Å². The second kappa shape index (κ2) is 20.3. The molecule has 42 heavy (non-hydrogen) atoms. The third kappa shape index (κ3) is 16.1. The van der Waals surface area contributed by atoms with Crippen LogP contribution in [0.15, 0.2) is 24.5 Å². The number of aromatic carboxylic acids is 1. The van der Waals surface area contributed by atoms with Crippen LogP contribution in [0.5, 0.6) is 0 Å². The lowest BCUT2D eigenvalue weighted by Crippen LogP contribution is -2.46. The minimum Gasteiger partial charge on any atom is -0.545 e. The second-order valence-corrected chi connectivity index (χ2v) is 10.4. The Bertz CT molecular complexity index is 989. The number of carbonyl (C=O) groups is 3. The molecule has 2 unspecified atom stereocenters. The van der Waals surface area contributed by atoms with Crippen molar-refractivity contribution in [2.24, 2.45) is 22.9 Å². The van der Waals surface area contributed by atoms with E-state index in [2.05, 4.69) is 4.52 Å². The van der Waals surface area contributed by atoms with Gasteiger partial charge in [-0.05, 0) is 44.8 Å². The monoisotopic (exact) mass is 627 g/mol. The zero-order valence-electron chi connectivity index (χ0n) is 22.9. The Labute approximate surface area is 242 Å². The van der Waals surface area contributed by atoms with Crippen LogP contribution < -0.4 is 32.6 Å². The number of phosphoric acid groups is 1. The van der Waals surface area contributed by atoms with E-state index < -0.39 is 69.0 Å². The first-order chi connectivity index (χ1) is 19.5. The highest BCUT2D eigenvalue weighted by atomic mass is 31.2. The number of carboxylic acid groups (broad SMARTS) is 3. The fraction of sp³-hybridized carbons (Fsp3) is 0.652. The van der Waals surface area contributed by atoms with Crippen LogP contribution in [0.2, 0.25) is 0 Å². The van der Waals surface area contributed by atoms with Crippen LogP contribution in [0, 0.1) is 0 Å². The topological polar surface area (TPSA) is 339 Å². The number of hydrogen-bond acceptors (Lipinski definition) is 13. The number of ether oxygens (including phenoxy) is 1. The third-order valence-corrected chi connectivity index (χ3v) is 6.15. The molecule has 0 saturated carbocycles. The van der Waals surface area contributed by atoms with Crippen molar-refractivity contribution in [3.63, 3.8) is 0 Å². The van der Waals surface area contributed by atoms with Gasteiger partial charge in [0.25, 0.3) is 6.23 Å². The summed E-state index contributed by atoms with van der Waals surface area (Å²) in [6.07, 6.45) is 1.64. The minimum absolute atomic E-state index is 0.164. The highest BCUT2D eigenvalue weighted by Gasteiger charge is 2.48. The number of carboxylic acids is 3. The second-order valence-electron chi connectivity index (χ2n) is 9.12. The molecule has 0 radical (unpaired) electrons. The Morgan fingerprint density at radius 2 is 1.48 bits per heavy atom. The van der Waals surface area contributed by atoms with E-state index in [1.807, 2.05) is 0 Å². The number of unbranched alkanes of at least 4 members (excludes halogenated alkanes) is 2. The molecule has 18 nitrogen and oxygen atoms in total. The first kappa shape index (κ1) is 39.4. The molecule has 1 saturated heterocycles. The molecule has 1 fully saturated rings. The van der Waals surface area contributed by atoms with E-state index in [9.17, 15) is 34.3 Å². The molecule has 0 aliphatic carbocycles. The number of aliphatic carboxylic acids is 2. The normalized spacial score (nSPS) is 21.2. The van der Waals surface area contributed by atoms with Gasteiger partial charge in [0.15, 0.2) is 18.5 Å². The minimum atomic E-state index is -4.74. The number of hydrogen-bond donors (Lipinski definition) is 10. The number of aromatic nitrogens is 1. The number of nitrogens with zero attached hydrogens (tertiary/aromatic N) is 1. The standard InChI is InChI=1S/C11H14NO9P.2C6H14N2O2/c13-8-7(5-20-22(17,18)19)21-10(9(8)14)12-3-1-2-6(4-12)11(15)16;2*7-4-2-1-3-5(8)6(9)10/h1-4,7-10,13-14H,5H2,(H2-,15,16,17,18,19);2*5H,1-4,7-8H2,(H,9,10)/t7-,8-,9-,10-;;/m1../s1. The van der Waals surface area contributed by atoms with E-state index in [1.54, 1.807) is 0 Å². The summed E-state index contributed by atoms with van der Waals surface area (Å²) in [6.45, 7) is 0.568. The van der Waals surface area contributed by atoms with Crippen LogP contribution in [0.1, 0.15) is 55.1 Å².